The lowest BCUT2D eigenvalue weighted by molar-refractivity contribution is 0.490. The number of aryl methyl sites for hydroxylation is 1. The van der Waals surface area contributed by atoms with E-state index in [9.17, 15) is 4.39 Å². The molecule has 0 spiro atoms. The SMILES string of the molecule is Cc1ccc(CNc2ccc(Br)cc2F)o1. The van der Waals surface area contributed by atoms with Gasteiger partial charge in [0.05, 0.1) is 12.2 Å². The Bertz CT molecular complexity index is 496. The van der Waals surface area contributed by atoms with Gasteiger partial charge in [-0.3, -0.25) is 0 Å². The normalized spacial score (nSPS) is 10.4. The van der Waals surface area contributed by atoms with Crippen molar-refractivity contribution in [1.29, 1.82) is 0 Å². The summed E-state index contributed by atoms with van der Waals surface area (Å²) in [6, 6.07) is 8.66. The summed E-state index contributed by atoms with van der Waals surface area (Å²) in [6.45, 7) is 2.36. The molecule has 2 aromatic rings. The zero-order valence-electron chi connectivity index (χ0n) is 8.76. The molecular formula is C12H11BrFNO. The van der Waals surface area contributed by atoms with E-state index < -0.39 is 0 Å². The number of halogens is 2. The first kappa shape index (κ1) is 11.2. The van der Waals surface area contributed by atoms with Crippen LogP contribution in [0.5, 0.6) is 0 Å². The number of rotatable bonds is 3. The van der Waals surface area contributed by atoms with E-state index in [4.69, 9.17) is 4.42 Å². The molecule has 0 radical (unpaired) electrons. The smallest absolute Gasteiger partial charge is 0.147 e. The van der Waals surface area contributed by atoms with Crippen LogP contribution in [0.15, 0.2) is 39.2 Å². The van der Waals surface area contributed by atoms with Crippen LogP contribution in [0, 0.1) is 12.7 Å². The molecule has 1 aromatic heterocycles. The number of hydrogen-bond donors (Lipinski definition) is 1. The van der Waals surface area contributed by atoms with Gasteiger partial charge in [0.1, 0.15) is 17.3 Å². The van der Waals surface area contributed by atoms with Gasteiger partial charge < -0.3 is 9.73 Å². The van der Waals surface area contributed by atoms with Gasteiger partial charge in [0.15, 0.2) is 0 Å². The summed E-state index contributed by atoms with van der Waals surface area (Å²) in [5.74, 6) is 1.37. The summed E-state index contributed by atoms with van der Waals surface area (Å²) >= 11 is 3.21. The van der Waals surface area contributed by atoms with Crippen molar-refractivity contribution in [3.63, 3.8) is 0 Å². The van der Waals surface area contributed by atoms with Crippen molar-refractivity contribution >= 4 is 21.6 Å². The molecule has 2 rings (SSSR count). The van der Waals surface area contributed by atoms with Gasteiger partial charge >= 0.3 is 0 Å². The first-order chi connectivity index (χ1) is 7.65. The van der Waals surface area contributed by atoms with Gasteiger partial charge in [-0.15, -0.1) is 0 Å². The van der Waals surface area contributed by atoms with E-state index in [0.717, 1.165) is 16.0 Å². The molecule has 0 amide bonds. The number of anilines is 1. The van der Waals surface area contributed by atoms with Gasteiger partial charge in [0.25, 0.3) is 0 Å². The predicted molar refractivity (Wildman–Crippen MR) is 64.9 cm³/mol. The molecule has 1 N–H and O–H groups in total. The van der Waals surface area contributed by atoms with E-state index in [0.29, 0.717) is 12.2 Å². The van der Waals surface area contributed by atoms with Gasteiger partial charge in [-0.25, -0.2) is 4.39 Å². The molecule has 0 aliphatic rings. The number of nitrogens with one attached hydrogen (secondary N) is 1. The van der Waals surface area contributed by atoms with Crippen LogP contribution in [0.3, 0.4) is 0 Å². The highest BCUT2D eigenvalue weighted by atomic mass is 79.9. The third-order valence-electron chi connectivity index (χ3n) is 2.18. The second-order valence-corrected chi connectivity index (χ2v) is 4.41. The van der Waals surface area contributed by atoms with Crippen molar-refractivity contribution in [3.8, 4) is 0 Å². The van der Waals surface area contributed by atoms with Crippen molar-refractivity contribution in [2.45, 2.75) is 13.5 Å². The summed E-state index contributed by atoms with van der Waals surface area (Å²) in [5, 5.41) is 2.98. The van der Waals surface area contributed by atoms with Crippen LogP contribution in [0.1, 0.15) is 11.5 Å². The van der Waals surface area contributed by atoms with Crippen LogP contribution in [-0.4, -0.2) is 0 Å². The van der Waals surface area contributed by atoms with Crippen LogP contribution in [0.25, 0.3) is 0 Å². The molecule has 0 saturated carbocycles. The molecule has 4 heteroatoms. The zero-order chi connectivity index (χ0) is 11.5. The van der Waals surface area contributed by atoms with Gasteiger partial charge in [-0.2, -0.15) is 0 Å². The Morgan fingerprint density at radius 3 is 2.75 bits per heavy atom. The van der Waals surface area contributed by atoms with E-state index in [2.05, 4.69) is 21.2 Å². The quantitative estimate of drug-likeness (QED) is 0.917. The minimum absolute atomic E-state index is 0.280. The Hall–Kier alpha value is -1.29. The highest BCUT2D eigenvalue weighted by Gasteiger charge is 2.03. The van der Waals surface area contributed by atoms with E-state index in [1.165, 1.54) is 6.07 Å². The molecule has 16 heavy (non-hydrogen) atoms. The van der Waals surface area contributed by atoms with Crippen molar-refractivity contribution < 1.29 is 8.81 Å². The summed E-state index contributed by atoms with van der Waals surface area (Å²) < 4.78 is 19.5. The van der Waals surface area contributed by atoms with Crippen molar-refractivity contribution in [2.24, 2.45) is 0 Å². The minimum Gasteiger partial charge on any atom is -0.465 e. The van der Waals surface area contributed by atoms with Gasteiger partial charge in [-0.05, 0) is 37.3 Å². The molecule has 1 aromatic carbocycles. The molecule has 1 heterocycles. The average Bonchev–Trinajstić information content (AvgIpc) is 2.63. The van der Waals surface area contributed by atoms with Gasteiger partial charge in [-0.1, -0.05) is 15.9 Å². The number of hydrogen-bond acceptors (Lipinski definition) is 2. The Kier molecular flexibility index (Phi) is 3.29. The Morgan fingerprint density at radius 2 is 2.12 bits per heavy atom. The topological polar surface area (TPSA) is 25.2 Å². The largest absolute Gasteiger partial charge is 0.465 e. The molecule has 84 valence electrons. The summed E-state index contributed by atoms with van der Waals surface area (Å²) in [7, 11) is 0. The summed E-state index contributed by atoms with van der Waals surface area (Å²) in [4.78, 5) is 0. The molecule has 0 bridgehead atoms. The van der Waals surface area contributed by atoms with Crippen molar-refractivity contribution in [2.75, 3.05) is 5.32 Å². The van der Waals surface area contributed by atoms with Crippen LogP contribution in [0.2, 0.25) is 0 Å². The maximum atomic E-state index is 13.4. The van der Waals surface area contributed by atoms with E-state index in [-0.39, 0.29) is 5.82 Å². The number of furan rings is 1. The van der Waals surface area contributed by atoms with Gasteiger partial charge in [0, 0.05) is 4.47 Å². The molecule has 0 fully saturated rings. The third-order valence-corrected chi connectivity index (χ3v) is 2.67. The molecule has 0 atom stereocenters. The fraction of sp³-hybridized carbons (Fsp3) is 0.167. The minimum atomic E-state index is -0.280. The predicted octanol–water partition coefficient (Wildman–Crippen LogP) is 4.10. The number of benzene rings is 1. The van der Waals surface area contributed by atoms with Crippen LogP contribution in [-0.2, 0) is 6.54 Å². The standard InChI is InChI=1S/C12H11BrFNO/c1-8-2-4-10(16-8)7-15-12-5-3-9(13)6-11(12)14/h2-6,15H,7H2,1H3. The van der Waals surface area contributed by atoms with Crippen LogP contribution in [0.4, 0.5) is 10.1 Å². The van der Waals surface area contributed by atoms with Crippen LogP contribution >= 0.6 is 15.9 Å². The van der Waals surface area contributed by atoms with E-state index in [1.54, 1.807) is 12.1 Å². The fourth-order valence-corrected chi connectivity index (χ4v) is 1.73. The Morgan fingerprint density at radius 1 is 1.31 bits per heavy atom. The summed E-state index contributed by atoms with van der Waals surface area (Å²) in [5.41, 5.74) is 0.470. The second kappa shape index (κ2) is 4.70. The maximum Gasteiger partial charge on any atom is 0.147 e. The maximum absolute atomic E-state index is 13.4. The molecule has 2 nitrogen and oxygen atoms in total. The van der Waals surface area contributed by atoms with Crippen molar-refractivity contribution in [3.05, 3.63) is 52.1 Å². The summed E-state index contributed by atoms with van der Waals surface area (Å²) in [6.07, 6.45) is 0. The van der Waals surface area contributed by atoms with Gasteiger partial charge in [0.2, 0.25) is 0 Å². The van der Waals surface area contributed by atoms with E-state index in [1.807, 2.05) is 19.1 Å². The lowest BCUT2D eigenvalue weighted by atomic mass is 10.3. The monoisotopic (exact) mass is 283 g/mol. The lowest BCUT2D eigenvalue weighted by Crippen LogP contribution is -2.00. The fourth-order valence-electron chi connectivity index (χ4n) is 1.40. The molecule has 0 saturated heterocycles. The second-order valence-electron chi connectivity index (χ2n) is 3.49. The molecule has 0 aliphatic heterocycles. The first-order valence-corrected chi connectivity index (χ1v) is 5.69. The average molecular weight is 284 g/mol. The third kappa shape index (κ3) is 2.64. The van der Waals surface area contributed by atoms with E-state index >= 15 is 0 Å². The Balaban J connectivity index is 2.04. The Labute approximate surface area is 102 Å². The van der Waals surface area contributed by atoms with Crippen molar-refractivity contribution in [1.82, 2.24) is 0 Å². The first-order valence-electron chi connectivity index (χ1n) is 4.89. The molecule has 0 unspecified atom stereocenters. The molecular weight excluding hydrogens is 273 g/mol. The molecule has 0 aliphatic carbocycles. The highest BCUT2D eigenvalue weighted by Crippen LogP contribution is 2.20. The zero-order valence-corrected chi connectivity index (χ0v) is 10.3. The highest BCUT2D eigenvalue weighted by molar-refractivity contribution is 9.10. The lowest BCUT2D eigenvalue weighted by Gasteiger charge is -2.05. The van der Waals surface area contributed by atoms with Crippen LogP contribution < -0.4 is 5.32 Å².